The van der Waals surface area contributed by atoms with Gasteiger partial charge in [-0.25, -0.2) is 8.42 Å². The maximum absolute atomic E-state index is 11.9. The van der Waals surface area contributed by atoms with Gasteiger partial charge in [0.15, 0.2) is 9.84 Å². The van der Waals surface area contributed by atoms with Crippen LogP contribution in [0.25, 0.3) is 0 Å². The fraction of sp³-hybridized carbons (Fsp3) is 0.600. The minimum atomic E-state index is -2.88. The highest BCUT2D eigenvalue weighted by molar-refractivity contribution is 7.92. The molecule has 0 N–H and O–H groups in total. The topological polar surface area (TPSA) is 37.4 Å². The van der Waals surface area contributed by atoms with E-state index in [0.717, 1.165) is 19.5 Å². The number of rotatable bonds is 2. The van der Waals surface area contributed by atoms with Gasteiger partial charge in [-0.1, -0.05) is 18.2 Å². The van der Waals surface area contributed by atoms with Crippen molar-refractivity contribution >= 4 is 9.84 Å². The zero-order valence-electron chi connectivity index (χ0n) is 12.0. The lowest BCUT2D eigenvalue weighted by molar-refractivity contribution is 0.283. The SMILES string of the molecule is Cc1cccc(CN2CCC(C)S(=O)(=O)CC2)c1C. The number of nitrogens with zero attached hydrogens (tertiary/aromatic N) is 1. The van der Waals surface area contributed by atoms with E-state index in [-0.39, 0.29) is 5.25 Å². The first-order chi connectivity index (χ1) is 8.90. The van der Waals surface area contributed by atoms with Gasteiger partial charge in [0.05, 0.1) is 11.0 Å². The molecule has 0 aromatic heterocycles. The molecule has 1 aromatic carbocycles. The van der Waals surface area contributed by atoms with Gasteiger partial charge in [0.25, 0.3) is 0 Å². The summed E-state index contributed by atoms with van der Waals surface area (Å²) in [7, 11) is -2.88. The maximum Gasteiger partial charge on any atom is 0.154 e. The molecule has 1 aliphatic heterocycles. The zero-order valence-corrected chi connectivity index (χ0v) is 12.8. The second-order valence-corrected chi connectivity index (χ2v) is 8.14. The van der Waals surface area contributed by atoms with Crippen molar-refractivity contribution in [2.24, 2.45) is 0 Å². The summed E-state index contributed by atoms with van der Waals surface area (Å²) in [5.74, 6) is 0.291. The molecule has 4 heteroatoms. The van der Waals surface area contributed by atoms with Gasteiger partial charge >= 0.3 is 0 Å². The van der Waals surface area contributed by atoms with E-state index in [1.807, 2.05) is 6.92 Å². The van der Waals surface area contributed by atoms with Crippen LogP contribution >= 0.6 is 0 Å². The van der Waals surface area contributed by atoms with E-state index in [1.54, 1.807) is 0 Å². The van der Waals surface area contributed by atoms with Gasteiger partial charge < -0.3 is 0 Å². The van der Waals surface area contributed by atoms with Gasteiger partial charge in [-0.2, -0.15) is 0 Å². The van der Waals surface area contributed by atoms with E-state index in [2.05, 4.69) is 36.9 Å². The molecule has 1 heterocycles. The van der Waals surface area contributed by atoms with Gasteiger partial charge in [0.1, 0.15) is 0 Å². The Bertz CT molecular complexity index is 551. The molecule has 106 valence electrons. The first-order valence-electron chi connectivity index (χ1n) is 6.89. The van der Waals surface area contributed by atoms with Crippen LogP contribution in [0.3, 0.4) is 0 Å². The highest BCUT2D eigenvalue weighted by atomic mass is 32.2. The van der Waals surface area contributed by atoms with Crippen LogP contribution in [0, 0.1) is 13.8 Å². The Hall–Kier alpha value is -0.870. The highest BCUT2D eigenvalue weighted by Crippen LogP contribution is 2.18. The van der Waals surface area contributed by atoms with Crippen LogP contribution in [0.2, 0.25) is 0 Å². The molecule has 0 saturated carbocycles. The molecule has 0 radical (unpaired) electrons. The molecule has 1 saturated heterocycles. The second kappa shape index (κ2) is 5.63. The second-order valence-electron chi connectivity index (χ2n) is 5.60. The lowest BCUT2D eigenvalue weighted by atomic mass is 10.0. The summed E-state index contributed by atoms with van der Waals surface area (Å²) < 4.78 is 23.8. The van der Waals surface area contributed by atoms with Crippen LogP contribution in [0.1, 0.15) is 30.0 Å². The fourth-order valence-corrected chi connectivity index (χ4v) is 3.88. The van der Waals surface area contributed by atoms with Gasteiger partial charge in [-0.15, -0.1) is 0 Å². The first kappa shape index (κ1) is 14.5. The third-order valence-corrected chi connectivity index (χ3v) is 6.48. The van der Waals surface area contributed by atoms with E-state index in [4.69, 9.17) is 0 Å². The average Bonchev–Trinajstić information content (AvgIpc) is 2.48. The third kappa shape index (κ3) is 3.37. The third-order valence-electron chi connectivity index (χ3n) is 4.27. The summed E-state index contributed by atoms with van der Waals surface area (Å²) >= 11 is 0. The predicted octanol–water partition coefficient (Wildman–Crippen LogP) is 2.31. The summed E-state index contributed by atoms with van der Waals surface area (Å²) in [5, 5.41) is -0.198. The number of benzene rings is 1. The lowest BCUT2D eigenvalue weighted by Crippen LogP contribution is -2.27. The molecule has 2 rings (SSSR count). The molecule has 1 aromatic rings. The number of aryl methyl sites for hydroxylation is 1. The van der Waals surface area contributed by atoms with Crippen molar-refractivity contribution in [1.82, 2.24) is 4.90 Å². The fourth-order valence-electron chi connectivity index (χ4n) is 2.50. The monoisotopic (exact) mass is 281 g/mol. The molecule has 0 amide bonds. The van der Waals surface area contributed by atoms with Crippen LogP contribution < -0.4 is 0 Å². The van der Waals surface area contributed by atoms with Gasteiger partial charge in [-0.05, 0) is 50.4 Å². The van der Waals surface area contributed by atoms with Crippen LogP contribution in [0.15, 0.2) is 18.2 Å². The Balaban J connectivity index is 2.10. The van der Waals surface area contributed by atoms with Crippen molar-refractivity contribution in [2.75, 3.05) is 18.8 Å². The minimum absolute atomic E-state index is 0.198. The number of hydrogen-bond acceptors (Lipinski definition) is 3. The van der Waals surface area contributed by atoms with Gasteiger partial charge in [0.2, 0.25) is 0 Å². The van der Waals surface area contributed by atoms with Crippen LogP contribution in [-0.2, 0) is 16.4 Å². The molecule has 0 aliphatic carbocycles. The Morgan fingerprint density at radius 3 is 2.74 bits per heavy atom. The molecular formula is C15H23NO2S. The largest absolute Gasteiger partial charge is 0.298 e. The van der Waals surface area contributed by atoms with E-state index >= 15 is 0 Å². The van der Waals surface area contributed by atoms with E-state index < -0.39 is 9.84 Å². The molecule has 0 spiro atoms. The average molecular weight is 281 g/mol. The molecule has 1 aliphatic rings. The summed E-state index contributed by atoms with van der Waals surface area (Å²) in [4.78, 5) is 2.27. The molecule has 3 nitrogen and oxygen atoms in total. The molecule has 1 unspecified atom stereocenters. The quantitative estimate of drug-likeness (QED) is 0.835. The summed E-state index contributed by atoms with van der Waals surface area (Å²) in [5.41, 5.74) is 3.93. The smallest absolute Gasteiger partial charge is 0.154 e. The van der Waals surface area contributed by atoms with Gasteiger partial charge in [-0.3, -0.25) is 4.90 Å². The molecular weight excluding hydrogens is 258 g/mol. The predicted molar refractivity (Wildman–Crippen MR) is 79.1 cm³/mol. The maximum atomic E-state index is 11.9. The van der Waals surface area contributed by atoms with Gasteiger partial charge in [0, 0.05) is 13.1 Å². The molecule has 0 bridgehead atoms. The van der Waals surface area contributed by atoms with E-state index in [0.29, 0.717) is 12.3 Å². The summed E-state index contributed by atoms with van der Waals surface area (Å²) in [6.07, 6.45) is 0.743. The Morgan fingerprint density at radius 2 is 2.00 bits per heavy atom. The molecule has 19 heavy (non-hydrogen) atoms. The minimum Gasteiger partial charge on any atom is -0.298 e. The van der Waals surface area contributed by atoms with Crippen molar-refractivity contribution in [3.8, 4) is 0 Å². The molecule has 1 atom stereocenters. The standard InChI is InChI=1S/C15H23NO2S/c1-12-5-4-6-15(14(12)3)11-16-8-7-13(2)19(17,18)10-9-16/h4-6,13H,7-11H2,1-3H3. The van der Waals surface area contributed by atoms with Crippen molar-refractivity contribution < 1.29 is 8.42 Å². The first-order valence-corrected chi connectivity index (χ1v) is 8.60. The van der Waals surface area contributed by atoms with Crippen molar-refractivity contribution in [2.45, 2.75) is 39.0 Å². The van der Waals surface area contributed by atoms with Crippen molar-refractivity contribution in [3.05, 3.63) is 34.9 Å². The highest BCUT2D eigenvalue weighted by Gasteiger charge is 2.26. The number of hydrogen-bond donors (Lipinski definition) is 0. The van der Waals surface area contributed by atoms with Crippen LogP contribution in [0.4, 0.5) is 0 Å². The Labute approximate surface area is 116 Å². The van der Waals surface area contributed by atoms with Crippen molar-refractivity contribution in [1.29, 1.82) is 0 Å². The Morgan fingerprint density at radius 1 is 1.26 bits per heavy atom. The Kier molecular flexibility index (Phi) is 4.31. The summed E-state index contributed by atoms with van der Waals surface area (Å²) in [6, 6.07) is 6.34. The normalized spacial score (nSPS) is 24.1. The molecule has 1 fully saturated rings. The van der Waals surface area contributed by atoms with E-state index in [1.165, 1.54) is 16.7 Å². The van der Waals surface area contributed by atoms with Crippen LogP contribution in [-0.4, -0.2) is 37.4 Å². The zero-order chi connectivity index (χ0) is 14.0. The lowest BCUT2D eigenvalue weighted by Gasteiger charge is -2.21. The van der Waals surface area contributed by atoms with E-state index in [9.17, 15) is 8.42 Å². The number of sulfone groups is 1. The van der Waals surface area contributed by atoms with Crippen molar-refractivity contribution in [3.63, 3.8) is 0 Å². The summed E-state index contributed by atoms with van der Waals surface area (Å²) in [6.45, 7) is 8.47. The van der Waals surface area contributed by atoms with Crippen LogP contribution in [0.5, 0.6) is 0 Å².